The van der Waals surface area contributed by atoms with Crippen molar-refractivity contribution in [3.63, 3.8) is 0 Å². The number of piperazine rings is 1. The van der Waals surface area contributed by atoms with E-state index in [9.17, 15) is 9.59 Å². The predicted octanol–water partition coefficient (Wildman–Crippen LogP) is 2.40. The van der Waals surface area contributed by atoms with Crippen molar-refractivity contribution in [3.05, 3.63) is 23.9 Å². The minimum Gasteiger partial charge on any atom is -0.477 e. The van der Waals surface area contributed by atoms with Crippen LogP contribution in [-0.4, -0.2) is 53.0 Å². The number of carboxylic acids is 1. The topological polar surface area (TPSA) is 73.7 Å². The smallest absolute Gasteiger partial charge is 0.354 e. The van der Waals surface area contributed by atoms with Gasteiger partial charge in [-0.2, -0.15) is 0 Å². The first-order chi connectivity index (χ1) is 11.6. The Kier molecular flexibility index (Phi) is 5.33. The Hall–Kier alpha value is -2.11. The first-order valence-corrected chi connectivity index (χ1v) is 8.86. The molecule has 1 aliphatic carbocycles. The number of hydrogen-bond donors (Lipinski definition) is 1. The van der Waals surface area contributed by atoms with Crippen molar-refractivity contribution in [2.45, 2.75) is 38.5 Å². The molecule has 24 heavy (non-hydrogen) atoms. The first kappa shape index (κ1) is 16.7. The number of pyridine rings is 1. The molecule has 0 atom stereocenters. The Morgan fingerprint density at radius 1 is 1.12 bits per heavy atom. The van der Waals surface area contributed by atoms with Crippen LogP contribution in [0, 0.1) is 5.92 Å². The molecule has 2 aliphatic rings. The van der Waals surface area contributed by atoms with Gasteiger partial charge in [-0.3, -0.25) is 4.79 Å². The number of carbonyl (C=O) groups is 2. The maximum absolute atomic E-state index is 12.4. The molecule has 2 heterocycles. The number of carboxylic acid groups (broad SMARTS) is 1. The number of aromatic nitrogens is 1. The number of carbonyl (C=O) groups excluding carboxylic acids is 1. The molecule has 0 aromatic carbocycles. The van der Waals surface area contributed by atoms with Crippen molar-refractivity contribution in [1.29, 1.82) is 0 Å². The van der Waals surface area contributed by atoms with Gasteiger partial charge in [-0.1, -0.05) is 31.7 Å². The van der Waals surface area contributed by atoms with E-state index in [1.54, 1.807) is 6.07 Å². The lowest BCUT2D eigenvalue weighted by Gasteiger charge is -2.35. The maximum Gasteiger partial charge on any atom is 0.354 e. The van der Waals surface area contributed by atoms with E-state index >= 15 is 0 Å². The van der Waals surface area contributed by atoms with Gasteiger partial charge in [0, 0.05) is 32.6 Å². The van der Waals surface area contributed by atoms with Gasteiger partial charge in [-0.05, 0) is 24.5 Å². The lowest BCUT2D eigenvalue weighted by atomic mass is 10.0. The molecule has 0 radical (unpaired) electrons. The molecule has 2 fully saturated rings. The van der Waals surface area contributed by atoms with E-state index in [4.69, 9.17) is 5.11 Å². The monoisotopic (exact) mass is 331 g/mol. The van der Waals surface area contributed by atoms with E-state index in [0.29, 0.717) is 38.4 Å². The average molecular weight is 331 g/mol. The quantitative estimate of drug-likeness (QED) is 0.897. The highest BCUT2D eigenvalue weighted by Crippen LogP contribution is 2.28. The summed E-state index contributed by atoms with van der Waals surface area (Å²) in [4.78, 5) is 31.5. The molecular weight excluding hydrogens is 306 g/mol. The molecule has 1 aromatic heterocycles. The van der Waals surface area contributed by atoms with Crippen molar-refractivity contribution in [2.75, 3.05) is 31.1 Å². The molecule has 0 bridgehead atoms. The van der Waals surface area contributed by atoms with Gasteiger partial charge < -0.3 is 14.9 Å². The summed E-state index contributed by atoms with van der Waals surface area (Å²) in [6.07, 6.45) is 6.90. The Morgan fingerprint density at radius 3 is 2.50 bits per heavy atom. The first-order valence-electron chi connectivity index (χ1n) is 8.86. The van der Waals surface area contributed by atoms with Crippen LogP contribution in [0.2, 0.25) is 0 Å². The molecule has 1 N–H and O–H groups in total. The number of aromatic carboxylic acids is 1. The van der Waals surface area contributed by atoms with Crippen LogP contribution in [0.4, 0.5) is 5.82 Å². The highest BCUT2D eigenvalue weighted by Gasteiger charge is 2.23. The van der Waals surface area contributed by atoms with Crippen molar-refractivity contribution in [3.8, 4) is 0 Å². The molecule has 3 rings (SSSR count). The second-order valence-electron chi connectivity index (χ2n) is 6.74. The minimum absolute atomic E-state index is 0.0579. The van der Waals surface area contributed by atoms with Gasteiger partial charge in [-0.15, -0.1) is 0 Å². The largest absolute Gasteiger partial charge is 0.477 e. The Morgan fingerprint density at radius 2 is 1.83 bits per heavy atom. The van der Waals surface area contributed by atoms with Gasteiger partial charge >= 0.3 is 5.97 Å². The number of nitrogens with zero attached hydrogens (tertiary/aromatic N) is 3. The Bertz CT molecular complexity index is 591. The molecule has 1 amide bonds. The van der Waals surface area contributed by atoms with Crippen molar-refractivity contribution in [1.82, 2.24) is 9.88 Å². The van der Waals surface area contributed by atoms with Crippen LogP contribution in [0.3, 0.4) is 0 Å². The zero-order chi connectivity index (χ0) is 16.9. The molecule has 0 spiro atoms. The fourth-order valence-electron chi connectivity index (χ4n) is 3.69. The van der Waals surface area contributed by atoms with Crippen LogP contribution in [0.15, 0.2) is 18.2 Å². The zero-order valence-corrected chi connectivity index (χ0v) is 14.0. The number of amides is 1. The molecule has 1 saturated carbocycles. The summed E-state index contributed by atoms with van der Waals surface area (Å²) < 4.78 is 0. The van der Waals surface area contributed by atoms with Crippen LogP contribution < -0.4 is 4.90 Å². The summed E-state index contributed by atoms with van der Waals surface area (Å²) >= 11 is 0. The van der Waals surface area contributed by atoms with E-state index in [-0.39, 0.29) is 11.6 Å². The molecular formula is C18H25N3O3. The van der Waals surface area contributed by atoms with Crippen molar-refractivity contribution >= 4 is 17.7 Å². The third-order valence-electron chi connectivity index (χ3n) is 5.15. The SMILES string of the molecule is O=C(O)c1cccc(N2CCN(C(=O)CCC3CCCC3)CC2)n1. The normalized spacial score (nSPS) is 18.8. The zero-order valence-electron chi connectivity index (χ0n) is 14.0. The molecule has 6 nitrogen and oxygen atoms in total. The second-order valence-corrected chi connectivity index (χ2v) is 6.74. The van der Waals surface area contributed by atoms with Gasteiger partial charge in [-0.25, -0.2) is 9.78 Å². The second kappa shape index (κ2) is 7.64. The van der Waals surface area contributed by atoms with Gasteiger partial charge in [0.05, 0.1) is 0 Å². The van der Waals surface area contributed by atoms with Crippen LogP contribution in [0.1, 0.15) is 49.0 Å². The Balaban J connectivity index is 1.49. The Labute approximate surface area is 142 Å². The fraction of sp³-hybridized carbons (Fsp3) is 0.611. The molecule has 1 aliphatic heterocycles. The van der Waals surface area contributed by atoms with Crippen LogP contribution in [0.5, 0.6) is 0 Å². The van der Waals surface area contributed by atoms with E-state index in [2.05, 4.69) is 4.98 Å². The van der Waals surface area contributed by atoms with Crippen LogP contribution in [0.25, 0.3) is 0 Å². The molecule has 1 aromatic rings. The van der Waals surface area contributed by atoms with E-state index in [1.807, 2.05) is 15.9 Å². The highest BCUT2D eigenvalue weighted by atomic mass is 16.4. The third-order valence-corrected chi connectivity index (χ3v) is 5.15. The molecule has 6 heteroatoms. The van der Waals surface area contributed by atoms with Crippen LogP contribution in [-0.2, 0) is 4.79 Å². The third kappa shape index (κ3) is 4.04. The summed E-state index contributed by atoms with van der Waals surface area (Å²) in [6.45, 7) is 2.77. The van der Waals surface area contributed by atoms with Crippen molar-refractivity contribution in [2.24, 2.45) is 5.92 Å². The fourth-order valence-corrected chi connectivity index (χ4v) is 3.69. The number of hydrogen-bond acceptors (Lipinski definition) is 4. The molecule has 0 unspecified atom stereocenters. The lowest BCUT2D eigenvalue weighted by Crippen LogP contribution is -2.49. The number of anilines is 1. The average Bonchev–Trinajstić information content (AvgIpc) is 3.13. The molecule has 130 valence electrons. The van der Waals surface area contributed by atoms with Gasteiger partial charge in [0.1, 0.15) is 5.82 Å². The highest BCUT2D eigenvalue weighted by molar-refractivity contribution is 5.85. The summed E-state index contributed by atoms with van der Waals surface area (Å²) in [5.74, 6) is 0.664. The van der Waals surface area contributed by atoms with E-state index in [0.717, 1.165) is 12.3 Å². The van der Waals surface area contributed by atoms with Crippen molar-refractivity contribution < 1.29 is 14.7 Å². The van der Waals surface area contributed by atoms with E-state index in [1.165, 1.54) is 31.7 Å². The van der Waals surface area contributed by atoms with Gasteiger partial charge in [0.2, 0.25) is 5.91 Å². The van der Waals surface area contributed by atoms with E-state index < -0.39 is 5.97 Å². The number of rotatable bonds is 5. The summed E-state index contributed by atoms with van der Waals surface area (Å²) in [6, 6.07) is 5.03. The minimum atomic E-state index is -1.02. The predicted molar refractivity (Wildman–Crippen MR) is 91.2 cm³/mol. The van der Waals surface area contributed by atoms with Crippen LogP contribution >= 0.6 is 0 Å². The molecule has 1 saturated heterocycles. The maximum atomic E-state index is 12.4. The van der Waals surface area contributed by atoms with Gasteiger partial charge in [0.25, 0.3) is 0 Å². The lowest BCUT2D eigenvalue weighted by molar-refractivity contribution is -0.131. The van der Waals surface area contributed by atoms with Gasteiger partial charge in [0.15, 0.2) is 5.69 Å². The summed E-state index contributed by atoms with van der Waals surface area (Å²) in [7, 11) is 0. The summed E-state index contributed by atoms with van der Waals surface area (Å²) in [5, 5.41) is 9.04. The summed E-state index contributed by atoms with van der Waals surface area (Å²) in [5.41, 5.74) is 0.0579. The standard InChI is InChI=1S/C18H25N3O3/c22-17(9-8-14-4-1-2-5-14)21-12-10-20(11-13-21)16-7-3-6-15(19-16)18(23)24/h3,6-7,14H,1-2,4-5,8-13H2,(H,23,24).